The summed E-state index contributed by atoms with van der Waals surface area (Å²) < 4.78 is 22.7. The van der Waals surface area contributed by atoms with Gasteiger partial charge in [-0.05, 0) is 19.5 Å². The maximum absolute atomic E-state index is 11.4. The van der Waals surface area contributed by atoms with Crippen LogP contribution in [0.25, 0.3) is 0 Å². The van der Waals surface area contributed by atoms with Gasteiger partial charge in [0.25, 0.3) is 6.43 Å². The van der Waals surface area contributed by atoms with Gasteiger partial charge in [0.15, 0.2) is 0 Å². The van der Waals surface area contributed by atoms with Gasteiger partial charge >= 0.3 is 0 Å². The molecule has 0 unspecified atom stereocenters. The SMILES string of the molecule is NCCCNCC(F)F. The van der Waals surface area contributed by atoms with E-state index in [0.29, 0.717) is 13.1 Å². The zero-order valence-electron chi connectivity index (χ0n) is 5.24. The molecule has 0 fully saturated rings. The molecule has 0 bridgehead atoms. The lowest BCUT2D eigenvalue weighted by Gasteiger charge is -2.00. The van der Waals surface area contributed by atoms with Gasteiger partial charge in [-0.3, -0.25) is 0 Å². The van der Waals surface area contributed by atoms with E-state index in [-0.39, 0.29) is 6.54 Å². The van der Waals surface area contributed by atoms with Gasteiger partial charge < -0.3 is 11.1 Å². The summed E-state index contributed by atoms with van der Waals surface area (Å²) >= 11 is 0. The number of hydrogen-bond donors (Lipinski definition) is 2. The highest BCUT2D eigenvalue weighted by molar-refractivity contribution is 4.48. The summed E-state index contributed by atoms with van der Waals surface area (Å²) in [6.45, 7) is 0.914. The molecule has 0 amide bonds. The molecule has 0 aromatic rings. The van der Waals surface area contributed by atoms with Gasteiger partial charge in [-0.15, -0.1) is 0 Å². The second kappa shape index (κ2) is 5.91. The molecule has 2 nitrogen and oxygen atoms in total. The van der Waals surface area contributed by atoms with E-state index in [1.807, 2.05) is 0 Å². The van der Waals surface area contributed by atoms with E-state index < -0.39 is 6.43 Å². The second-order valence-electron chi connectivity index (χ2n) is 1.74. The topological polar surface area (TPSA) is 38.0 Å². The van der Waals surface area contributed by atoms with Crippen LogP contribution in [0.15, 0.2) is 0 Å². The lowest BCUT2D eigenvalue weighted by Crippen LogP contribution is -2.23. The summed E-state index contributed by atoms with van der Waals surface area (Å²) in [4.78, 5) is 0. The first-order valence-corrected chi connectivity index (χ1v) is 2.96. The van der Waals surface area contributed by atoms with Gasteiger partial charge in [0, 0.05) is 0 Å². The van der Waals surface area contributed by atoms with Crippen molar-refractivity contribution in [3.05, 3.63) is 0 Å². The zero-order chi connectivity index (χ0) is 7.11. The largest absolute Gasteiger partial charge is 0.330 e. The Morgan fingerprint density at radius 3 is 2.56 bits per heavy atom. The first-order valence-electron chi connectivity index (χ1n) is 2.96. The molecule has 0 aliphatic heterocycles. The van der Waals surface area contributed by atoms with Crippen molar-refractivity contribution in [3.63, 3.8) is 0 Å². The fourth-order valence-electron chi connectivity index (χ4n) is 0.438. The Bertz CT molecular complexity index is 58.9. The molecule has 0 radical (unpaired) electrons. The van der Waals surface area contributed by atoms with Crippen LogP contribution in [0.2, 0.25) is 0 Å². The number of nitrogens with one attached hydrogen (secondary N) is 1. The van der Waals surface area contributed by atoms with Crippen LogP contribution in [0, 0.1) is 0 Å². The van der Waals surface area contributed by atoms with E-state index in [1.165, 1.54) is 0 Å². The number of halogens is 2. The fraction of sp³-hybridized carbons (Fsp3) is 1.00. The summed E-state index contributed by atoms with van der Waals surface area (Å²) in [5, 5.41) is 2.56. The average molecular weight is 138 g/mol. The summed E-state index contributed by atoms with van der Waals surface area (Å²) in [5.74, 6) is 0. The van der Waals surface area contributed by atoms with Crippen molar-refractivity contribution in [3.8, 4) is 0 Å². The predicted octanol–water partition coefficient (Wildman–Crippen LogP) is 0.190. The average Bonchev–Trinajstić information content (AvgIpc) is 1.80. The standard InChI is InChI=1S/C5H12F2N2/c6-5(7)4-9-3-1-2-8/h5,9H,1-4,8H2. The van der Waals surface area contributed by atoms with E-state index >= 15 is 0 Å². The van der Waals surface area contributed by atoms with Crippen molar-refractivity contribution < 1.29 is 8.78 Å². The maximum atomic E-state index is 11.4. The lowest BCUT2D eigenvalue weighted by molar-refractivity contribution is 0.146. The number of nitrogens with two attached hydrogens (primary N) is 1. The number of rotatable bonds is 5. The Balaban J connectivity index is 2.75. The van der Waals surface area contributed by atoms with Crippen molar-refractivity contribution in [1.82, 2.24) is 5.32 Å². The van der Waals surface area contributed by atoms with E-state index in [4.69, 9.17) is 5.73 Å². The van der Waals surface area contributed by atoms with Crippen LogP contribution >= 0.6 is 0 Å². The Hall–Kier alpha value is -0.220. The number of alkyl halides is 2. The molecule has 0 spiro atoms. The van der Waals surface area contributed by atoms with E-state index in [9.17, 15) is 8.78 Å². The molecule has 0 saturated carbocycles. The molecule has 56 valence electrons. The van der Waals surface area contributed by atoms with Crippen LogP contribution in [0.5, 0.6) is 0 Å². The third-order valence-electron chi connectivity index (χ3n) is 0.856. The van der Waals surface area contributed by atoms with Crippen molar-refractivity contribution in [2.45, 2.75) is 12.8 Å². The minimum atomic E-state index is -2.25. The van der Waals surface area contributed by atoms with Gasteiger partial charge in [0.1, 0.15) is 0 Å². The zero-order valence-corrected chi connectivity index (χ0v) is 5.24. The van der Waals surface area contributed by atoms with Crippen LogP contribution in [0.1, 0.15) is 6.42 Å². The normalized spacial score (nSPS) is 10.7. The third kappa shape index (κ3) is 7.78. The van der Waals surface area contributed by atoms with Crippen molar-refractivity contribution in [1.29, 1.82) is 0 Å². The smallest absolute Gasteiger partial charge is 0.250 e. The van der Waals surface area contributed by atoms with E-state index in [0.717, 1.165) is 6.42 Å². The summed E-state index contributed by atoms with van der Waals surface area (Å²) in [6.07, 6.45) is -1.49. The fourth-order valence-corrected chi connectivity index (χ4v) is 0.438. The Kier molecular flexibility index (Phi) is 5.76. The molecular formula is C5H12F2N2. The number of hydrogen-bond acceptors (Lipinski definition) is 2. The molecule has 0 atom stereocenters. The minimum absolute atomic E-state index is 0.222. The molecular weight excluding hydrogens is 126 g/mol. The van der Waals surface area contributed by atoms with Gasteiger partial charge in [0.05, 0.1) is 6.54 Å². The van der Waals surface area contributed by atoms with Crippen molar-refractivity contribution in [2.75, 3.05) is 19.6 Å². The Morgan fingerprint density at radius 1 is 1.44 bits per heavy atom. The van der Waals surface area contributed by atoms with Crippen molar-refractivity contribution in [2.24, 2.45) is 5.73 Å². The van der Waals surface area contributed by atoms with Gasteiger partial charge in [0.2, 0.25) is 0 Å². The first-order chi connectivity index (χ1) is 4.27. The monoisotopic (exact) mass is 138 g/mol. The molecule has 4 heteroatoms. The van der Waals surface area contributed by atoms with Crippen LogP contribution in [-0.2, 0) is 0 Å². The summed E-state index contributed by atoms with van der Waals surface area (Å²) in [7, 11) is 0. The molecule has 0 aromatic heterocycles. The quantitative estimate of drug-likeness (QED) is 0.532. The van der Waals surface area contributed by atoms with Gasteiger partial charge in [-0.25, -0.2) is 8.78 Å². The second-order valence-corrected chi connectivity index (χ2v) is 1.74. The molecule has 0 aliphatic rings. The highest BCUT2D eigenvalue weighted by atomic mass is 19.3. The Labute approximate surface area is 53.4 Å². The van der Waals surface area contributed by atoms with Crippen LogP contribution < -0.4 is 11.1 Å². The van der Waals surface area contributed by atoms with Crippen LogP contribution in [0.3, 0.4) is 0 Å². The van der Waals surface area contributed by atoms with E-state index in [2.05, 4.69) is 5.32 Å². The van der Waals surface area contributed by atoms with E-state index in [1.54, 1.807) is 0 Å². The molecule has 0 saturated heterocycles. The van der Waals surface area contributed by atoms with Crippen LogP contribution in [-0.4, -0.2) is 26.1 Å². The molecule has 3 N–H and O–H groups in total. The predicted molar refractivity (Wildman–Crippen MR) is 32.5 cm³/mol. The van der Waals surface area contributed by atoms with Gasteiger partial charge in [-0.2, -0.15) is 0 Å². The molecule has 0 rings (SSSR count). The van der Waals surface area contributed by atoms with Crippen LogP contribution in [0.4, 0.5) is 8.78 Å². The summed E-state index contributed by atoms with van der Waals surface area (Å²) in [6, 6.07) is 0. The highest BCUT2D eigenvalue weighted by Gasteiger charge is 1.98. The lowest BCUT2D eigenvalue weighted by atomic mass is 10.4. The molecule has 0 heterocycles. The minimum Gasteiger partial charge on any atom is -0.330 e. The molecule has 9 heavy (non-hydrogen) atoms. The maximum Gasteiger partial charge on any atom is 0.250 e. The Morgan fingerprint density at radius 2 is 2.11 bits per heavy atom. The third-order valence-corrected chi connectivity index (χ3v) is 0.856. The van der Waals surface area contributed by atoms with Gasteiger partial charge in [-0.1, -0.05) is 0 Å². The first kappa shape index (κ1) is 8.78. The molecule has 0 aliphatic carbocycles. The summed E-state index contributed by atoms with van der Waals surface area (Å²) in [5.41, 5.74) is 5.12. The highest BCUT2D eigenvalue weighted by Crippen LogP contribution is 1.86. The van der Waals surface area contributed by atoms with Crippen molar-refractivity contribution >= 4 is 0 Å². The molecule has 0 aromatic carbocycles.